The van der Waals surface area contributed by atoms with Crippen molar-refractivity contribution < 1.29 is 4.79 Å². The predicted octanol–water partition coefficient (Wildman–Crippen LogP) is 2.47. The summed E-state index contributed by atoms with van der Waals surface area (Å²) in [4.78, 5) is 26.3. The summed E-state index contributed by atoms with van der Waals surface area (Å²) in [5.41, 5.74) is 1.77. The third kappa shape index (κ3) is 3.25. The van der Waals surface area contributed by atoms with Gasteiger partial charge in [0.25, 0.3) is 5.91 Å². The number of amides is 1. The number of carbonyl (C=O) groups is 1. The number of aryl methyl sites for hydroxylation is 1. The van der Waals surface area contributed by atoms with Crippen LogP contribution < -0.4 is 0 Å². The van der Waals surface area contributed by atoms with Crippen LogP contribution in [-0.4, -0.2) is 58.9 Å². The average Bonchev–Trinajstić information content (AvgIpc) is 2.86. The second-order valence-corrected chi connectivity index (χ2v) is 7.70. The summed E-state index contributed by atoms with van der Waals surface area (Å²) in [6.07, 6.45) is 5.27. The van der Waals surface area contributed by atoms with Gasteiger partial charge in [-0.15, -0.1) is 0 Å². The number of likely N-dealkylation sites (tertiary alicyclic amines) is 2. The number of nitrogens with zero attached hydrogens (tertiary/aromatic N) is 4. The minimum absolute atomic E-state index is 0.103. The number of hydrogen-bond acceptors (Lipinski definition) is 4. The Balaban J connectivity index is 1.77. The minimum Gasteiger partial charge on any atom is -0.338 e. The fraction of sp³-hybridized carbons (Fsp3) is 0.722. The Labute approximate surface area is 139 Å². The quantitative estimate of drug-likeness (QED) is 0.841. The predicted molar refractivity (Wildman–Crippen MR) is 90.5 cm³/mol. The molecule has 1 unspecified atom stereocenters. The minimum atomic E-state index is 0.103. The summed E-state index contributed by atoms with van der Waals surface area (Å²) in [7, 11) is 2.18. The zero-order valence-electron chi connectivity index (χ0n) is 14.8. The van der Waals surface area contributed by atoms with Crippen molar-refractivity contribution in [3.8, 4) is 0 Å². The van der Waals surface area contributed by atoms with Gasteiger partial charge >= 0.3 is 0 Å². The van der Waals surface area contributed by atoms with Gasteiger partial charge in [0.15, 0.2) is 0 Å². The van der Waals surface area contributed by atoms with Crippen LogP contribution in [0, 0.1) is 12.3 Å². The Morgan fingerprint density at radius 1 is 1.26 bits per heavy atom. The Bertz CT molecular complexity index is 597. The average molecular weight is 316 g/mol. The molecular formula is C18H28N4O. The zero-order chi connectivity index (χ0) is 16.6. The highest BCUT2D eigenvalue weighted by Crippen LogP contribution is 2.38. The van der Waals surface area contributed by atoms with Crippen molar-refractivity contribution in [1.29, 1.82) is 0 Å². The lowest BCUT2D eigenvalue weighted by Gasteiger charge is -2.40. The fourth-order valence-corrected chi connectivity index (χ4v) is 4.02. The lowest BCUT2D eigenvalue weighted by atomic mass is 9.79. The van der Waals surface area contributed by atoms with Crippen molar-refractivity contribution in [2.75, 3.05) is 33.2 Å². The molecule has 0 saturated carbocycles. The molecule has 0 aliphatic carbocycles. The molecule has 1 amide bonds. The third-order valence-corrected chi connectivity index (χ3v) is 5.32. The molecule has 2 saturated heterocycles. The van der Waals surface area contributed by atoms with Gasteiger partial charge in [-0.25, -0.2) is 9.97 Å². The summed E-state index contributed by atoms with van der Waals surface area (Å²) in [6, 6.07) is 0. The lowest BCUT2D eigenvalue weighted by Crippen LogP contribution is -2.47. The normalized spacial score (nSPS) is 25.5. The van der Waals surface area contributed by atoms with E-state index < -0.39 is 0 Å². The van der Waals surface area contributed by atoms with Gasteiger partial charge in [0.05, 0.1) is 11.3 Å². The van der Waals surface area contributed by atoms with Gasteiger partial charge in [-0.2, -0.15) is 0 Å². The number of hydrogen-bond donors (Lipinski definition) is 0. The van der Waals surface area contributed by atoms with Gasteiger partial charge in [0, 0.05) is 37.2 Å². The summed E-state index contributed by atoms with van der Waals surface area (Å²) in [5.74, 6) is 1.20. The highest BCUT2D eigenvalue weighted by Gasteiger charge is 2.41. The highest BCUT2D eigenvalue weighted by molar-refractivity contribution is 5.95. The fourth-order valence-electron chi connectivity index (χ4n) is 4.02. The highest BCUT2D eigenvalue weighted by atomic mass is 16.2. The van der Waals surface area contributed by atoms with E-state index in [9.17, 15) is 4.79 Å². The molecule has 126 valence electrons. The molecule has 1 spiro atoms. The molecule has 1 aromatic rings. The Morgan fingerprint density at radius 3 is 2.65 bits per heavy atom. The van der Waals surface area contributed by atoms with E-state index in [1.54, 1.807) is 6.20 Å². The van der Waals surface area contributed by atoms with Gasteiger partial charge in [-0.3, -0.25) is 4.79 Å². The second kappa shape index (κ2) is 6.19. The van der Waals surface area contributed by atoms with E-state index in [1.165, 1.54) is 12.8 Å². The van der Waals surface area contributed by atoms with Crippen LogP contribution in [0.15, 0.2) is 6.20 Å². The second-order valence-electron chi connectivity index (χ2n) is 7.70. The maximum Gasteiger partial charge on any atom is 0.257 e. The van der Waals surface area contributed by atoms with Crippen molar-refractivity contribution in [3.63, 3.8) is 0 Å². The SMILES string of the molecule is Cc1nc(C(C)C)ncc1C(=O)N1CCCC2(CCN(C)C2)C1. The van der Waals surface area contributed by atoms with Crippen molar-refractivity contribution in [1.82, 2.24) is 19.8 Å². The van der Waals surface area contributed by atoms with Gasteiger partial charge < -0.3 is 9.80 Å². The van der Waals surface area contributed by atoms with Crippen LogP contribution in [0.3, 0.4) is 0 Å². The Kier molecular flexibility index (Phi) is 4.41. The first-order chi connectivity index (χ1) is 10.9. The molecule has 2 fully saturated rings. The number of rotatable bonds is 2. The number of aromatic nitrogens is 2. The molecule has 0 N–H and O–H groups in total. The maximum absolute atomic E-state index is 13.0. The molecule has 23 heavy (non-hydrogen) atoms. The van der Waals surface area contributed by atoms with Crippen LogP contribution in [0.5, 0.6) is 0 Å². The molecule has 5 heteroatoms. The lowest BCUT2D eigenvalue weighted by molar-refractivity contribution is 0.0533. The van der Waals surface area contributed by atoms with E-state index in [4.69, 9.17) is 0 Å². The standard InChI is InChI=1S/C18H28N4O/c1-13(2)16-19-10-15(14(3)20-16)17(23)22-8-5-6-18(12-22)7-9-21(4)11-18/h10,13H,5-9,11-12H2,1-4H3. The molecular weight excluding hydrogens is 288 g/mol. The van der Waals surface area contributed by atoms with E-state index in [2.05, 4.69) is 35.8 Å². The van der Waals surface area contributed by atoms with Crippen molar-refractivity contribution in [2.45, 2.75) is 46.0 Å². The van der Waals surface area contributed by atoms with Crippen molar-refractivity contribution in [2.24, 2.45) is 5.41 Å². The molecule has 1 atom stereocenters. The number of carbonyl (C=O) groups excluding carboxylic acids is 1. The number of piperidine rings is 1. The van der Waals surface area contributed by atoms with Crippen LogP contribution in [-0.2, 0) is 0 Å². The van der Waals surface area contributed by atoms with E-state index in [0.29, 0.717) is 11.0 Å². The van der Waals surface area contributed by atoms with Crippen LogP contribution >= 0.6 is 0 Å². The first-order valence-corrected chi connectivity index (χ1v) is 8.72. The van der Waals surface area contributed by atoms with E-state index in [0.717, 1.165) is 44.1 Å². The molecule has 1 aromatic heterocycles. The molecule has 2 aliphatic heterocycles. The van der Waals surface area contributed by atoms with Crippen LogP contribution in [0.4, 0.5) is 0 Å². The van der Waals surface area contributed by atoms with Crippen LogP contribution in [0.25, 0.3) is 0 Å². The van der Waals surface area contributed by atoms with E-state index in [1.807, 2.05) is 11.8 Å². The smallest absolute Gasteiger partial charge is 0.257 e. The first-order valence-electron chi connectivity index (χ1n) is 8.72. The molecule has 5 nitrogen and oxygen atoms in total. The van der Waals surface area contributed by atoms with E-state index in [-0.39, 0.29) is 11.8 Å². The summed E-state index contributed by atoms with van der Waals surface area (Å²) >= 11 is 0. The summed E-state index contributed by atoms with van der Waals surface area (Å²) in [5, 5.41) is 0. The molecule has 3 rings (SSSR count). The maximum atomic E-state index is 13.0. The van der Waals surface area contributed by atoms with Crippen molar-refractivity contribution in [3.05, 3.63) is 23.3 Å². The molecule has 0 radical (unpaired) electrons. The summed E-state index contributed by atoms with van der Waals surface area (Å²) in [6.45, 7) is 10.1. The monoisotopic (exact) mass is 316 g/mol. The topological polar surface area (TPSA) is 49.3 Å². The van der Waals surface area contributed by atoms with Gasteiger partial charge in [-0.05, 0) is 39.8 Å². The van der Waals surface area contributed by atoms with Crippen LogP contribution in [0.2, 0.25) is 0 Å². The summed E-state index contributed by atoms with van der Waals surface area (Å²) < 4.78 is 0. The third-order valence-electron chi connectivity index (χ3n) is 5.32. The van der Waals surface area contributed by atoms with Gasteiger partial charge in [0.1, 0.15) is 5.82 Å². The first kappa shape index (κ1) is 16.4. The van der Waals surface area contributed by atoms with Gasteiger partial charge in [0.2, 0.25) is 0 Å². The largest absolute Gasteiger partial charge is 0.338 e. The van der Waals surface area contributed by atoms with E-state index >= 15 is 0 Å². The zero-order valence-corrected chi connectivity index (χ0v) is 14.8. The Hall–Kier alpha value is -1.49. The molecule has 0 bridgehead atoms. The van der Waals surface area contributed by atoms with Gasteiger partial charge in [-0.1, -0.05) is 13.8 Å². The van der Waals surface area contributed by atoms with Crippen LogP contribution in [0.1, 0.15) is 60.9 Å². The Morgan fingerprint density at radius 2 is 2.04 bits per heavy atom. The van der Waals surface area contributed by atoms with Crippen molar-refractivity contribution >= 4 is 5.91 Å². The molecule has 3 heterocycles. The molecule has 0 aromatic carbocycles. The molecule has 2 aliphatic rings.